The van der Waals surface area contributed by atoms with Crippen LogP contribution >= 0.6 is 12.2 Å². The van der Waals surface area contributed by atoms with E-state index in [-0.39, 0.29) is 18.2 Å². The number of carbonyl (C=O) groups is 1. The maximum atomic E-state index is 14.1. The van der Waals surface area contributed by atoms with Gasteiger partial charge in [-0.2, -0.15) is 0 Å². The topological polar surface area (TPSA) is 49.3 Å². The number of carbonyl (C=O) groups excluding carboxylic acids is 1. The molecule has 1 unspecified atom stereocenters. The Balaban J connectivity index is 2.27. The molecule has 0 radical (unpaired) electrons. The maximum absolute atomic E-state index is 14.1. The number of hydrogen-bond donors (Lipinski definition) is 2. The van der Waals surface area contributed by atoms with Gasteiger partial charge in [-0.1, -0.05) is 18.3 Å². The van der Waals surface area contributed by atoms with Gasteiger partial charge in [-0.3, -0.25) is 4.79 Å². The van der Waals surface area contributed by atoms with Crippen molar-refractivity contribution in [1.29, 1.82) is 0 Å². The SMILES string of the molecule is CNCCCC1CCC(c2cc(F)ccc2CCCCO)=CC(=O)CCCC1=S. The Hall–Kier alpha value is -1.43. The van der Waals surface area contributed by atoms with Gasteiger partial charge in [0.2, 0.25) is 0 Å². The van der Waals surface area contributed by atoms with Crippen LogP contribution in [-0.4, -0.2) is 36.0 Å². The summed E-state index contributed by atoms with van der Waals surface area (Å²) in [6, 6.07) is 4.87. The predicted octanol–water partition coefficient (Wildman–Crippen LogP) is 5.04. The molecule has 1 atom stereocenters. The molecule has 2 rings (SSSR count). The first-order chi connectivity index (χ1) is 14.0. The van der Waals surface area contributed by atoms with Crippen molar-refractivity contribution < 1.29 is 14.3 Å². The molecule has 0 saturated carbocycles. The van der Waals surface area contributed by atoms with Crippen LogP contribution in [0.4, 0.5) is 4.39 Å². The number of thiocarbonyl (C=S) groups is 1. The molecular weight excluding hydrogens is 385 g/mol. The second-order valence-electron chi connectivity index (χ2n) is 7.92. The van der Waals surface area contributed by atoms with Crippen LogP contribution in [0.15, 0.2) is 24.3 Å². The van der Waals surface area contributed by atoms with Crippen molar-refractivity contribution in [3.63, 3.8) is 0 Å². The average Bonchev–Trinajstić information content (AvgIpc) is 2.70. The fraction of sp³-hybridized carbons (Fsp3) is 0.583. The molecule has 1 aromatic carbocycles. The van der Waals surface area contributed by atoms with Crippen molar-refractivity contribution in [3.05, 3.63) is 41.2 Å². The van der Waals surface area contributed by atoms with Crippen LogP contribution < -0.4 is 5.32 Å². The van der Waals surface area contributed by atoms with Crippen molar-refractivity contribution >= 4 is 28.4 Å². The highest BCUT2D eigenvalue weighted by Crippen LogP contribution is 2.31. The lowest BCUT2D eigenvalue weighted by Crippen LogP contribution is -2.17. The third-order valence-electron chi connectivity index (χ3n) is 5.65. The van der Waals surface area contributed by atoms with Crippen LogP contribution in [0.5, 0.6) is 0 Å². The van der Waals surface area contributed by atoms with E-state index in [0.29, 0.717) is 12.3 Å². The lowest BCUT2D eigenvalue weighted by Gasteiger charge is -2.21. The number of allylic oxidation sites excluding steroid dienone is 2. The molecule has 0 fully saturated rings. The summed E-state index contributed by atoms with van der Waals surface area (Å²) in [6.07, 6.45) is 9.93. The molecule has 1 aromatic rings. The van der Waals surface area contributed by atoms with E-state index in [1.54, 1.807) is 12.1 Å². The number of aliphatic hydroxyl groups excluding tert-OH is 1. The minimum atomic E-state index is -0.280. The first kappa shape index (κ1) is 23.8. The van der Waals surface area contributed by atoms with Crippen molar-refractivity contribution in [3.8, 4) is 0 Å². The molecule has 160 valence electrons. The molecule has 0 spiro atoms. The second-order valence-corrected chi connectivity index (χ2v) is 8.44. The van der Waals surface area contributed by atoms with E-state index in [2.05, 4.69) is 5.32 Å². The zero-order chi connectivity index (χ0) is 21.1. The van der Waals surface area contributed by atoms with E-state index < -0.39 is 0 Å². The Morgan fingerprint density at radius 1 is 1.21 bits per heavy atom. The van der Waals surface area contributed by atoms with E-state index in [1.807, 2.05) is 13.1 Å². The summed E-state index contributed by atoms with van der Waals surface area (Å²) in [6.45, 7) is 1.13. The van der Waals surface area contributed by atoms with Crippen LogP contribution in [0.25, 0.3) is 5.57 Å². The van der Waals surface area contributed by atoms with Crippen LogP contribution in [0.2, 0.25) is 0 Å². The fourth-order valence-electron chi connectivity index (χ4n) is 4.01. The van der Waals surface area contributed by atoms with Crippen molar-refractivity contribution in [2.24, 2.45) is 5.92 Å². The highest BCUT2D eigenvalue weighted by Gasteiger charge is 2.19. The summed E-state index contributed by atoms with van der Waals surface area (Å²) < 4.78 is 14.1. The number of ketones is 1. The zero-order valence-corrected chi connectivity index (χ0v) is 18.3. The molecule has 0 bridgehead atoms. The average molecular weight is 420 g/mol. The van der Waals surface area contributed by atoms with Gasteiger partial charge in [-0.15, -0.1) is 0 Å². The third-order valence-corrected chi connectivity index (χ3v) is 6.19. The van der Waals surface area contributed by atoms with Crippen molar-refractivity contribution in [2.75, 3.05) is 20.2 Å². The largest absolute Gasteiger partial charge is 0.396 e. The number of halogens is 1. The number of hydrogen-bond acceptors (Lipinski definition) is 4. The Labute approximate surface area is 179 Å². The molecule has 1 aliphatic carbocycles. The number of benzene rings is 1. The molecule has 0 heterocycles. The quantitative estimate of drug-likeness (QED) is 0.435. The summed E-state index contributed by atoms with van der Waals surface area (Å²) in [5, 5.41) is 12.3. The van der Waals surface area contributed by atoms with E-state index in [1.165, 1.54) is 6.07 Å². The van der Waals surface area contributed by atoms with Gasteiger partial charge >= 0.3 is 0 Å². The van der Waals surface area contributed by atoms with E-state index in [4.69, 9.17) is 17.3 Å². The normalized spacial score (nSPS) is 18.6. The first-order valence-corrected chi connectivity index (χ1v) is 11.3. The summed E-state index contributed by atoms with van der Waals surface area (Å²) in [7, 11) is 1.96. The van der Waals surface area contributed by atoms with Crippen LogP contribution in [0.3, 0.4) is 0 Å². The summed E-state index contributed by atoms with van der Waals surface area (Å²) in [4.78, 5) is 13.6. The Bertz CT molecular complexity index is 717. The van der Waals surface area contributed by atoms with E-state index in [9.17, 15) is 9.18 Å². The summed E-state index contributed by atoms with van der Waals surface area (Å²) in [5.74, 6) is 0.181. The molecule has 5 heteroatoms. The predicted molar refractivity (Wildman–Crippen MR) is 122 cm³/mol. The fourth-order valence-corrected chi connectivity index (χ4v) is 4.39. The number of nitrogens with one attached hydrogen (secondary N) is 1. The smallest absolute Gasteiger partial charge is 0.155 e. The van der Waals surface area contributed by atoms with Gasteiger partial charge in [0.05, 0.1) is 0 Å². The number of rotatable bonds is 9. The molecule has 3 nitrogen and oxygen atoms in total. The molecule has 0 amide bonds. The molecule has 0 aromatic heterocycles. The standard InChI is InChI=1S/C24H34FNO2S/c1-26-14-5-7-19-10-11-20(16-22(28)8-4-9-24(19)29)23-17-21(25)13-12-18(23)6-2-3-15-27/h12-13,16-17,19,26-27H,2-11,14-15H2,1H3. The zero-order valence-electron chi connectivity index (χ0n) is 17.5. The Morgan fingerprint density at radius 3 is 2.79 bits per heavy atom. The van der Waals surface area contributed by atoms with Crippen molar-refractivity contribution in [2.45, 2.75) is 64.2 Å². The monoisotopic (exact) mass is 419 g/mol. The van der Waals surface area contributed by atoms with Gasteiger partial charge in [0.1, 0.15) is 5.82 Å². The van der Waals surface area contributed by atoms with Crippen LogP contribution in [0, 0.1) is 11.7 Å². The van der Waals surface area contributed by atoms with Gasteiger partial charge < -0.3 is 10.4 Å². The molecule has 29 heavy (non-hydrogen) atoms. The molecule has 0 saturated heterocycles. The second kappa shape index (κ2) is 13.0. The van der Waals surface area contributed by atoms with Crippen molar-refractivity contribution in [1.82, 2.24) is 5.32 Å². The van der Waals surface area contributed by atoms with E-state index in [0.717, 1.165) is 85.9 Å². The first-order valence-electron chi connectivity index (χ1n) is 10.9. The van der Waals surface area contributed by atoms with Crippen LogP contribution in [-0.2, 0) is 11.2 Å². The van der Waals surface area contributed by atoms with E-state index >= 15 is 0 Å². The highest BCUT2D eigenvalue weighted by molar-refractivity contribution is 7.80. The molecule has 2 N–H and O–H groups in total. The number of aliphatic hydroxyl groups is 1. The maximum Gasteiger partial charge on any atom is 0.155 e. The summed E-state index contributed by atoms with van der Waals surface area (Å²) >= 11 is 5.70. The Kier molecular flexibility index (Phi) is 10.7. The van der Waals surface area contributed by atoms with Gasteiger partial charge in [0.15, 0.2) is 5.78 Å². The lowest BCUT2D eigenvalue weighted by molar-refractivity contribution is -0.114. The van der Waals surface area contributed by atoms with Gasteiger partial charge in [0.25, 0.3) is 0 Å². The van der Waals surface area contributed by atoms with Gasteiger partial charge in [-0.05, 0) is 117 Å². The minimum absolute atomic E-state index is 0.0991. The number of aryl methyl sites for hydroxylation is 1. The van der Waals surface area contributed by atoms with Gasteiger partial charge in [0, 0.05) is 13.0 Å². The highest BCUT2D eigenvalue weighted by atomic mass is 32.1. The number of unbranched alkanes of at least 4 members (excludes halogenated alkanes) is 1. The molecule has 1 aliphatic rings. The molecular formula is C24H34FNO2S. The Morgan fingerprint density at radius 2 is 2.03 bits per heavy atom. The van der Waals surface area contributed by atoms with Gasteiger partial charge in [-0.25, -0.2) is 4.39 Å². The molecule has 0 aliphatic heterocycles. The van der Waals surface area contributed by atoms with Crippen LogP contribution in [0.1, 0.15) is 68.9 Å². The third kappa shape index (κ3) is 8.07. The summed E-state index contributed by atoms with van der Waals surface area (Å²) in [5.41, 5.74) is 2.82. The minimum Gasteiger partial charge on any atom is -0.396 e. The lowest BCUT2D eigenvalue weighted by atomic mass is 9.85.